The number of aryl methyl sites for hydroxylation is 1. The highest BCUT2D eigenvalue weighted by atomic mass is 19.1. The second kappa shape index (κ2) is 5.06. The summed E-state index contributed by atoms with van der Waals surface area (Å²) in [5.74, 6) is -1.87. The van der Waals surface area contributed by atoms with Crippen molar-refractivity contribution >= 4 is 11.6 Å². The van der Waals surface area contributed by atoms with Crippen molar-refractivity contribution in [3.63, 3.8) is 0 Å². The Labute approximate surface area is 108 Å². The first-order chi connectivity index (χ1) is 8.97. The van der Waals surface area contributed by atoms with Crippen LogP contribution in [0.2, 0.25) is 0 Å². The van der Waals surface area contributed by atoms with Crippen molar-refractivity contribution in [3.8, 4) is 5.75 Å². The van der Waals surface area contributed by atoms with E-state index in [1.54, 1.807) is 6.92 Å². The van der Waals surface area contributed by atoms with Crippen LogP contribution in [0, 0.1) is 18.6 Å². The SMILES string of the molecule is Cc1cc(C(=O)Nc2cc(F)ccc2F)ccc1O. The molecule has 0 radical (unpaired) electrons. The maximum absolute atomic E-state index is 13.4. The zero-order chi connectivity index (χ0) is 14.0. The van der Waals surface area contributed by atoms with E-state index in [9.17, 15) is 18.7 Å². The number of phenolic OH excluding ortho intramolecular Hbond substituents is 1. The first kappa shape index (κ1) is 13.0. The Morgan fingerprint density at radius 2 is 1.89 bits per heavy atom. The average Bonchev–Trinajstić information content (AvgIpc) is 2.37. The van der Waals surface area contributed by atoms with Gasteiger partial charge in [0.2, 0.25) is 0 Å². The molecule has 0 saturated carbocycles. The van der Waals surface area contributed by atoms with Crippen molar-refractivity contribution in [3.05, 3.63) is 59.2 Å². The molecule has 1 amide bonds. The lowest BCUT2D eigenvalue weighted by Gasteiger charge is -2.07. The summed E-state index contributed by atoms with van der Waals surface area (Å²) >= 11 is 0. The molecule has 0 saturated heterocycles. The normalized spacial score (nSPS) is 10.3. The Bertz CT molecular complexity index is 641. The number of amides is 1. The molecule has 98 valence electrons. The smallest absolute Gasteiger partial charge is 0.255 e. The predicted molar refractivity (Wildman–Crippen MR) is 67.2 cm³/mol. The molecule has 2 rings (SSSR count). The van der Waals surface area contributed by atoms with E-state index in [0.29, 0.717) is 5.56 Å². The van der Waals surface area contributed by atoms with E-state index in [-0.39, 0.29) is 17.0 Å². The third-order valence-corrected chi connectivity index (χ3v) is 2.64. The lowest BCUT2D eigenvalue weighted by molar-refractivity contribution is 0.102. The zero-order valence-electron chi connectivity index (χ0n) is 10.1. The van der Waals surface area contributed by atoms with Crippen LogP contribution >= 0.6 is 0 Å². The molecule has 2 aromatic rings. The summed E-state index contributed by atoms with van der Waals surface area (Å²) in [6.07, 6.45) is 0. The number of phenols is 1. The molecular weight excluding hydrogens is 252 g/mol. The summed E-state index contributed by atoms with van der Waals surface area (Å²) in [6, 6.07) is 7.03. The van der Waals surface area contributed by atoms with Gasteiger partial charge in [-0.2, -0.15) is 0 Å². The first-order valence-corrected chi connectivity index (χ1v) is 5.53. The second-order valence-electron chi connectivity index (χ2n) is 4.08. The van der Waals surface area contributed by atoms with Crippen LogP contribution in [0.4, 0.5) is 14.5 Å². The van der Waals surface area contributed by atoms with Crippen LogP contribution in [0.1, 0.15) is 15.9 Å². The third kappa shape index (κ3) is 2.88. The van der Waals surface area contributed by atoms with E-state index >= 15 is 0 Å². The van der Waals surface area contributed by atoms with Crippen molar-refractivity contribution in [1.29, 1.82) is 0 Å². The summed E-state index contributed by atoms with van der Waals surface area (Å²) in [7, 11) is 0. The Morgan fingerprint density at radius 1 is 1.16 bits per heavy atom. The highest BCUT2D eigenvalue weighted by Gasteiger charge is 2.11. The largest absolute Gasteiger partial charge is 0.508 e. The topological polar surface area (TPSA) is 49.3 Å². The van der Waals surface area contributed by atoms with Gasteiger partial charge in [-0.25, -0.2) is 8.78 Å². The van der Waals surface area contributed by atoms with Gasteiger partial charge in [0.1, 0.15) is 17.4 Å². The van der Waals surface area contributed by atoms with Crippen molar-refractivity contribution in [2.24, 2.45) is 0 Å². The van der Waals surface area contributed by atoms with Gasteiger partial charge in [0.25, 0.3) is 5.91 Å². The van der Waals surface area contributed by atoms with Crippen molar-refractivity contribution in [2.45, 2.75) is 6.92 Å². The maximum atomic E-state index is 13.4. The molecule has 2 N–H and O–H groups in total. The Balaban J connectivity index is 2.25. The second-order valence-corrected chi connectivity index (χ2v) is 4.08. The molecule has 19 heavy (non-hydrogen) atoms. The minimum atomic E-state index is -0.717. The van der Waals surface area contributed by atoms with E-state index < -0.39 is 17.5 Å². The van der Waals surface area contributed by atoms with E-state index in [2.05, 4.69) is 5.32 Å². The summed E-state index contributed by atoms with van der Waals surface area (Å²) in [6.45, 7) is 1.63. The highest BCUT2D eigenvalue weighted by molar-refractivity contribution is 6.04. The fourth-order valence-corrected chi connectivity index (χ4v) is 1.58. The number of nitrogens with one attached hydrogen (secondary N) is 1. The van der Waals surface area contributed by atoms with Gasteiger partial charge < -0.3 is 10.4 Å². The van der Waals surface area contributed by atoms with Gasteiger partial charge in [0, 0.05) is 11.6 Å². The van der Waals surface area contributed by atoms with Gasteiger partial charge in [-0.1, -0.05) is 0 Å². The predicted octanol–water partition coefficient (Wildman–Crippen LogP) is 3.23. The number of carbonyl (C=O) groups excluding carboxylic acids is 1. The summed E-state index contributed by atoms with van der Waals surface area (Å²) in [5.41, 5.74) is 0.544. The summed E-state index contributed by atoms with van der Waals surface area (Å²) in [4.78, 5) is 11.9. The van der Waals surface area contributed by atoms with E-state index in [1.807, 2.05) is 0 Å². The molecule has 0 aromatic heterocycles. The van der Waals surface area contributed by atoms with Crippen molar-refractivity contribution < 1.29 is 18.7 Å². The molecule has 0 bridgehead atoms. The molecule has 5 heteroatoms. The maximum Gasteiger partial charge on any atom is 0.255 e. The Kier molecular flexibility index (Phi) is 3.46. The molecule has 0 spiro atoms. The monoisotopic (exact) mass is 263 g/mol. The minimum Gasteiger partial charge on any atom is -0.508 e. The number of halogens is 2. The zero-order valence-corrected chi connectivity index (χ0v) is 10.1. The minimum absolute atomic E-state index is 0.0634. The summed E-state index contributed by atoms with van der Waals surface area (Å²) < 4.78 is 26.3. The molecule has 0 aliphatic rings. The summed E-state index contributed by atoms with van der Waals surface area (Å²) in [5, 5.41) is 11.6. The molecule has 0 unspecified atom stereocenters. The molecule has 0 atom stereocenters. The van der Waals surface area contributed by atoms with Crippen LogP contribution in [-0.2, 0) is 0 Å². The van der Waals surface area contributed by atoms with Gasteiger partial charge in [0.05, 0.1) is 5.69 Å². The lowest BCUT2D eigenvalue weighted by atomic mass is 10.1. The number of benzene rings is 2. The fourth-order valence-electron chi connectivity index (χ4n) is 1.58. The van der Waals surface area contributed by atoms with Crippen LogP contribution in [0.3, 0.4) is 0 Å². The number of carbonyl (C=O) groups is 1. The van der Waals surface area contributed by atoms with Crippen LogP contribution in [0.25, 0.3) is 0 Å². The van der Waals surface area contributed by atoms with Gasteiger partial charge in [0.15, 0.2) is 0 Å². The van der Waals surface area contributed by atoms with Crippen LogP contribution < -0.4 is 5.32 Å². The third-order valence-electron chi connectivity index (χ3n) is 2.64. The standard InChI is InChI=1S/C14H11F2NO2/c1-8-6-9(2-5-13(8)18)14(19)17-12-7-10(15)3-4-11(12)16/h2-7,18H,1H3,(H,17,19). The number of anilines is 1. The number of hydrogen-bond donors (Lipinski definition) is 2. The van der Waals surface area contributed by atoms with Gasteiger partial charge in [-0.3, -0.25) is 4.79 Å². The molecule has 0 aliphatic heterocycles. The Hall–Kier alpha value is -2.43. The van der Waals surface area contributed by atoms with Gasteiger partial charge in [-0.05, 0) is 42.8 Å². The van der Waals surface area contributed by atoms with Crippen LogP contribution in [0.15, 0.2) is 36.4 Å². The van der Waals surface area contributed by atoms with Crippen molar-refractivity contribution in [2.75, 3.05) is 5.32 Å². The van der Waals surface area contributed by atoms with Gasteiger partial charge >= 0.3 is 0 Å². The van der Waals surface area contributed by atoms with E-state index in [1.165, 1.54) is 18.2 Å². The highest BCUT2D eigenvalue weighted by Crippen LogP contribution is 2.19. The number of aromatic hydroxyl groups is 1. The fraction of sp³-hybridized carbons (Fsp3) is 0.0714. The average molecular weight is 263 g/mol. The number of hydrogen-bond acceptors (Lipinski definition) is 2. The van der Waals surface area contributed by atoms with Crippen molar-refractivity contribution in [1.82, 2.24) is 0 Å². The molecule has 3 nitrogen and oxygen atoms in total. The number of rotatable bonds is 2. The Morgan fingerprint density at radius 3 is 2.58 bits per heavy atom. The van der Waals surface area contributed by atoms with E-state index in [4.69, 9.17) is 0 Å². The van der Waals surface area contributed by atoms with Crippen LogP contribution in [-0.4, -0.2) is 11.0 Å². The molecular formula is C14H11F2NO2. The van der Waals surface area contributed by atoms with Crippen LogP contribution in [0.5, 0.6) is 5.75 Å². The quantitative estimate of drug-likeness (QED) is 0.873. The first-order valence-electron chi connectivity index (χ1n) is 5.53. The molecule has 2 aromatic carbocycles. The van der Waals surface area contributed by atoms with Gasteiger partial charge in [-0.15, -0.1) is 0 Å². The molecule has 0 heterocycles. The van der Waals surface area contributed by atoms with E-state index in [0.717, 1.165) is 18.2 Å². The lowest BCUT2D eigenvalue weighted by Crippen LogP contribution is -2.13. The molecule has 0 aliphatic carbocycles. The molecule has 0 fully saturated rings.